The number of ether oxygens (including phenoxy) is 1. The van der Waals surface area contributed by atoms with Crippen molar-refractivity contribution in [3.63, 3.8) is 0 Å². The minimum Gasteiger partial charge on any atom is -0.375 e. The van der Waals surface area contributed by atoms with E-state index in [0.717, 1.165) is 18.6 Å². The summed E-state index contributed by atoms with van der Waals surface area (Å²) in [5.74, 6) is 0.867. The standard InChI is InChI=1S/C17H32N2O/c1-2-19(14-15-6-5-10-18-13-15)16-7-11-20-17(12-16)8-3-4-9-17/h15-16,18H,2-14H2,1H3. The number of rotatable bonds is 4. The quantitative estimate of drug-likeness (QED) is 0.857. The van der Waals surface area contributed by atoms with Crippen LogP contribution in [0.4, 0.5) is 0 Å². The van der Waals surface area contributed by atoms with Crippen LogP contribution >= 0.6 is 0 Å². The van der Waals surface area contributed by atoms with E-state index in [-0.39, 0.29) is 5.60 Å². The number of nitrogens with one attached hydrogen (secondary N) is 1. The lowest BCUT2D eigenvalue weighted by Crippen LogP contribution is -2.50. The molecule has 3 fully saturated rings. The molecule has 0 aromatic carbocycles. The van der Waals surface area contributed by atoms with Crippen LogP contribution in [0.15, 0.2) is 0 Å². The van der Waals surface area contributed by atoms with E-state index in [1.165, 1.54) is 77.5 Å². The zero-order valence-corrected chi connectivity index (χ0v) is 13.2. The molecule has 0 amide bonds. The Kier molecular flexibility index (Phi) is 5.00. The fraction of sp³-hybridized carbons (Fsp3) is 1.00. The minimum absolute atomic E-state index is 0.265. The normalized spacial score (nSPS) is 33.9. The van der Waals surface area contributed by atoms with Crippen LogP contribution in [0, 0.1) is 5.92 Å². The van der Waals surface area contributed by atoms with Gasteiger partial charge in [0.2, 0.25) is 0 Å². The summed E-state index contributed by atoms with van der Waals surface area (Å²) in [5.41, 5.74) is 0.265. The molecule has 0 bridgehead atoms. The van der Waals surface area contributed by atoms with Gasteiger partial charge in [0, 0.05) is 19.2 Å². The second-order valence-electron chi connectivity index (χ2n) is 7.19. The van der Waals surface area contributed by atoms with Crippen molar-refractivity contribution in [3.8, 4) is 0 Å². The van der Waals surface area contributed by atoms with Crippen LogP contribution < -0.4 is 5.32 Å². The lowest BCUT2D eigenvalue weighted by atomic mass is 9.87. The van der Waals surface area contributed by atoms with Crippen molar-refractivity contribution in [2.45, 2.75) is 69.9 Å². The van der Waals surface area contributed by atoms with E-state index in [1.807, 2.05) is 0 Å². The van der Waals surface area contributed by atoms with E-state index in [2.05, 4.69) is 17.1 Å². The van der Waals surface area contributed by atoms with Gasteiger partial charge in [-0.15, -0.1) is 0 Å². The zero-order valence-electron chi connectivity index (χ0n) is 13.2. The van der Waals surface area contributed by atoms with Crippen molar-refractivity contribution in [1.29, 1.82) is 0 Å². The summed E-state index contributed by atoms with van der Waals surface area (Å²) in [5, 5.41) is 3.56. The summed E-state index contributed by atoms with van der Waals surface area (Å²) < 4.78 is 6.20. The number of hydrogen-bond donors (Lipinski definition) is 1. The molecule has 2 heterocycles. The average Bonchev–Trinajstić information content (AvgIpc) is 2.93. The Bertz CT molecular complexity index is 295. The molecule has 1 saturated carbocycles. The van der Waals surface area contributed by atoms with Crippen LogP contribution in [-0.2, 0) is 4.74 Å². The van der Waals surface area contributed by atoms with Crippen LogP contribution in [0.3, 0.4) is 0 Å². The highest BCUT2D eigenvalue weighted by Gasteiger charge is 2.41. The molecule has 0 aromatic heterocycles. The first-order chi connectivity index (χ1) is 9.81. The van der Waals surface area contributed by atoms with Gasteiger partial charge in [-0.1, -0.05) is 19.8 Å². The summed E-state index contributed by atoms with van der Waals surface area (Å²) in [6, 6.07) is 0.772. The predicted molar refractivity (Wildman–Crippen MR) is 83.0 cm³/mol. The van der Waals surface area contributed by atoms with Gasteiger partial charge in [0.25, 0.3) is 0 Å². The smallest absolute Gasteiger partial charge is 0.0697 e. The molecule has 3 nitrogen and oxygen atoms in total. The predicted octanol–water partition coefficient (Wildman–Crippen LogP) is 2.80. The largest absolute Gasteiger partial charge is 0.375 e. The highest BCUT2D eigenvalue weighted by Crippen LogP contribution is 2.41. The van der Waals surface area contributed by atoms with E-state index < -0.39 is 0 Å². The van der Waals surface area contributed by atoms with E-state index in [4.69, 9.17) is 4.74 Å². The van der Waals surface area contributed by atoms with E-state index in [0.29, 0.717) is 0 Å². The van der Waals surface area contributed by atoms with E-state index >= 15 is 0 Å². The summed E-state index contributed by atoms with van der Waals surface area (Å²) in [7, 11) is 0. The van der Waals surface area contributed by atoms with Crippen molar-refractivity contribution < 1.29 is 4.74 Å². The fourth-order valence-corrected chi connectivity index (χ4v) is 4.63. The van der Waals surface area contributed by atoms with Gasteiger partial charge < -0.3 is 15.0 Å². The van der Waals surface area contributed by atoms with Crippen LogP contribution in [0.5, 0.6) is 0 Å². The first-order valence-corrected chi connectivity index (χ1v) is 8.90. The maximum atomic E-state index is 6.20. The Morgan fingerprint density at radius 2 is 2.05 bits per heavy atom. The van der Waals surface area contributed by atoms with Gasteiger partial charge in [-0.3, -0.25) is 0 Å². The molecule has 0 radical (unpaired) electrons. The second-order valence-corrected chi connectivity index (χ2v) is 7.19. The Labute approximate surface area is 124 Å². The van der Waals surface area contributed by atoms with Gasteiger partial charge in [-0.2, -0.15) is 0 Å². The maximum absolute atomic E-state index is 6.20. The number of nitrogens with zero attached hydrogens (tertiary/aromatic N) is 1. The Hall–Kier alpha value is -0.120. The van der Waals surface area contributed by atoms with Crippen molar-refractivity contribution in [1.82, 2.24) is 10.2 Å². The molecular weight excluding hydrogens is 248 g/mol. The summed E-state index contributed by atoms with van der Waals surface area (Å²) in [4.78, 5) is 2.76. The molecule has 0 aromatic rings. The van der Waals surface area contributed by atoms with Gasteiger partial charge in [0.1, 0.15) is 0 Å². The maximum Gasteiger partial charge on any atom is 0.0697 e. The van der Waals surface area contributed by atoms with Gasteiger partial charge in [-0.25, -0.2) is 0 Å². The molecule has 1 aliphatic carbocycles. The summed E-state index contributed by atoms with van der Waals surface area (Å²) in [6.45, 7) is 8.28. The van der Waals surface area contributed by atoms with E-state index in [1.54, 1.807) is 0 Å². The fourth-order valence-electron chi connectivity index (χ4n) is 4.63. The van der Waals surface area contributed by atoms with E-state index in [9.17, 15) is 0 Å². The highest BCUT2D eigenvalue weighted by molar-refractivity contribution is 4.94. The van der Waals surface area contributed by atoms with Crippen LogP contribution in [0.1, 0.15) is 58.3 Å². The molecule has 2 aliphatic heterocycles. The molecular formula is C17H32N2O. The summed E-state index contributed by atoms with van der Waals surface area (Å²) in [6.07, 6.45) is 10.7. The third-order valence-electron chi connectivity index (χ3n) is 5.80. The number of piperidine rings is 1. The molecule has 3 aliphatic rings. The lowest BCUT2D eigenvalue weighted by Gasteiger charge is -2.44. The van der Waals surface area contributed by atoms with Crippen molar-refractivity contribution >= 4 is 0 Å². The first kappa shape index (κ1) is 14.8. The molecule has 2 atom stereocenters. The SMILES string of the molecule is CCN(CC1CCCNC1)C1CCOC2(CCCC2)C1. The first-order valence-electron chi connectivity index (χ1n) is 8.90. The molecule has 3 heteroatoms. The van der Waals surface area contributed by atoms with Gasteiger partial charge in [0.05, 0.1) is 5.60 Å². The molecule has 2 saturated heterocycles. The Morgan fingerprint density at radius 3 is 2.75 bits per heavy atom. The molecule has 1 spiro atoms. The third-order valence-corrected chi connectivity index (χ3v) is 5.80. The van der Waals surface area contributed by atoms with Gasteiger partial charge in [0.15, 0.2) is 0 Å². The molecule has 20 heavy (non-hydrogen) atoms. The van der Waals surface area contributed by atoms with Crippen LogP contribution in [0.2, 0.25) is 0 Å². The van der Waals surface area contributed by atoms with Crippen molar-refractivity contribution in [2.24, 2.45) is 5.92 Å². The Morgan fingerprint density at radius 1 is 1.20 bits per heavy atom. The summed E-state index contributed by atoms with van der Waals surface area (Å²) >= 11 is 0. The molecule has 1 N–H and O–H groups in total. The molecule has 2 unspecified atom stereocenters. The minimum atomic E-state index is 0.265. The van der Waals surface area contributed by atoms with Crippen LogP contribution in [-0.4, -0.2) is 49.3 Å². The second kappa shape index (κ2) is 6.76. The van der Waals surface area contributed by atoms with Gasteiger partial charge in [-0.05, 0) is 64.1 Å². The lowest BCUT2D eigenvalue weighted by molar-refractivity contribution is -0.103. The topological polar surface area (TPSA) is 24.5 Å². The van der Waals surface area contributed by atoms with Crippen molar-refractivity contribution in [3.05, 3.63) is 0 Å². The zero-order chi connectivity index (χ0) is 13.8. The average molecular weight is 280 g/mol. The monoisotopic (exact) mass is 280 g/mol. The third kappa shape index (κ3) is 3.37. The van der Waals surface area contributed by atoms with Gasteiger partial charge >= 0.3 is 0 Å². The number of hydrogen-bond acceptors (Lipinski definition) is 3. The Balaban J connectivity index is 1.57. The van der Waals surface area contributed by atoms with Crippen molar-refractivity contribution in [2.75, 3.05) is 32.8 Å². The molecule has 3 rings (SSSR count). The van der Waals surface area contributed by atoms with Crippen LogP contribution in [0.25, 0.3) is 0 Å². The highest BCUT2D eigenvalue weighted by atomic mass is 16.5. The molecule has 116 valence electrons.